The maximum atomic E-state index is 13.0. The minimum atomic E-state index is -2.68. The largest absolute Gasteiger partial charge is 0.352 e. The van der Waals surface area contributed by atoms with Crippen LogP contribution in [0.5, 0.6) is 0 Å². The number of hydrogen-bond donors (Lipinski definition) is 1. The average Bonchev–Trinajstić information content (AvgIpc) is 2.78. The molecule has 0 unspecified atom stereocenters. The SMILES string of the molecule is Cc1cc(C(F)F)n2ncc(C(=O)NCC(C)C)c2n1. The van der Waals surface area contributed by atoms with Crippen molar-refractivity contribution in [3.8, 4) is 0 Å². The molecule has 0 saturated carbocycles. The lowest BCUT2D eigenvalue weighted by Crippen LogP contribution is -2.27. The number of carbonyl (C=O) groups excluding carboxylic acids is 1. The van der Waals surface area contributed by atoms with Gasteiger partial charge in [-0.1, -0.05) is 13.8 Å². The molecule has 0 atom stereocenters. The topological polar surface area (TPSA) is 59.3 Å². The van der Waals surface area contributed by atoms with Crippen LogP contribution in [0.3, 0.4) is 0 Å². The van der Waals surface area contributed by atoms with E-state index >= 15 is 0 Å². The first-order valence-corrected chi connectivity index (χ1v) is 6.31. The van der Waals surface area contributed by atoms with Crippen molar-refractivity contribution in [3.63, 3.8) is 0 Å². The maximum Gasteiger partial charge on any atom is 0.280 e. The van der Waals surface area contributed by atoms with Crippen molar-refractivity contribution in [1.29, 1.82) is 0 Å². The van der Waals surface area contributed by atoms with Crippen LogP contribution in [-0.4, -0.2) is 27.0 Å². The summed E-state index contributed by atoms with van der Waals surface area (Å²) in [6.45, 7) is 6.04. The fraction of sp³-hybridized carbons (Fsp3) is 0.462. The summed E-state index contributed by atoms with van der Waals surface area (Å²) in [5, 5.41) is 6.57. The number of nitrogens with zero attached hydrogens (tertiary/aromatic N) is 3. The van der Waals surface area contributed by atoms with Gasteiger partial charge < -0.3 is 5.32 Å². The Kier molecular flexibility index (Phi) is 3.96. The van der Waals surface area contributed by atoms with Crippen LogP contribution in [0.4, 0.5) is 8.78 Å². The van der Waals surface area contributed by atoms with Crippen LogP contribution in [0.25, 0.3) is 5.65 Å². The quantitative estimate of drug-likeness (QED) is 0.936. The zero-order chi connectivity index (χ0) is 14.9. The first-order valence-electron chi connectivity index (χ1n) is 6.31. The van der Waals surface area contributed by atoms with E-state index in [1.54, 1.807) is 6.92 Å². The maximum absolute atomic E-state index is 13.0. The predicted molar refractivity (Wildman–Crippen MR) is 69.9 cm³/mol. The van der Waals surface area contributed by atoms with Crippen molar-refractivity contribution in [2.45, 2.75) is 27.2 Å². The summed E-state index contributed by atoms with van der Waals surface area (Å²) in [6, 6.07) is 1.26. The molecule has 2 heterocycles. The normalized spacial score (nSPS) is 11.6. The fourth-order valence-corrected chi connectivity index (χ4v) is 1.82. The summed E-state index contributed by atoms with van der Waals surface area (Å²) in [5.41, 5.74) is 0.513. The summed E-state index contributed by atoms with van der Waals surface area (Å²) in [5.74, 6) is -0.0564. The number of aromatic nitrogens is 3. The minimum absolute atomic E-state index is 0.154. The molecule has 5 nitrogen and oxygen atoms in total. The van der Waals surface area contributed by atoms with Crippen molar-refractivity contribution < 1.29 is 13.6 Å². The molecule has 20 heavy (non-hydrogen) atoms. The van der Waals surface area contributed by atoms with E-state index < -0.39 is 6.43 Å². The number of halogens is 2. The molecule has 2 rings (SSSR count). The van der Waals surface area contributed by atoms with Crippen LogP contribution >= 0.6 is 0 Å². The Labute approximate surface area is 115 Å². The molecule has 2 aromatic heterocycles. The van der Waals surface area contributed by atoms with E-state index in [1.165, 1.54) is 12.3 Å². The molecule has 0 aromatic carbocycles. The fourth-order valence-electron chi connectivity index (χ4n) is 1.82. The zero-order valence-corrected chi connectivity index (χ0v) is 11.5. The van der Waals surface area contributed by atoms with E-state index in [2.05, 4.69) is 15.4 Å². The van der Waals surface area contributed by atoms with Gasteiger partial charge in [-0.3, -0.25) is 4.79 Å². The van der Waals surface area contributed by atoms with E-state index in [1.807, 2.05) is 13.8 Å². The van der Waals surface area contributed by atoms with Crippen molar-refractivity contribution in [2.75, 3.05) is 6.54 Å². The number of nitrogens with one attached hydrogen (secondary N) is 1. The summed E-state index contributed by atoms with van der Waals surface area (Å²) < 4.78 is 26.9. The van der Waals surface area contributed by atoms with E-state index in [0.29, 0.717) is 18.2 Å². The van der Waals surface area contributed by atoms with Crippen LogP contribution in [-0.2, 0) is 0 Å². The Balaban J connectivity index is 2.43. The smallest absolute Gasteiger partial charge is 0.280 e. The van der Waals surface area contributed by atoms with Crippen molar-refractivity contribution in [2.24, 2.45) is 5.92 Å². The lowest BCUT2D eigenvalue weighted by atomic mass is 10.2. The van der Waals surface area contributed by atoms with E-state index in [-0.39, 0.29) is 22.8 Å². The molecule has 0 aliphatic rings. The van der Waals surface area contributed by atoms with Gasteiger partial charge in [-0.05, 0) is 18.9 Å². The molecule has 0 fully saturated rings. The first-order chi connectivity index (χ1) is 9.40. The molecule has 7 heteroatoms. The lowest BCUT2D eigenvalue weighted by Gasteiger charge is -2.07. The summed E-state index contributed by atoms with van der Waals surface area (Å²) in [7, 11) is 0. The molecular formula is C13H16F2N4O. The third kappa shape index (κ3) is 2.76. The monoisotopic (exact) mass is 282 g/mol. The second-order valence-corrected chi connectivity index (χ2v) is 5.02. The second kappa shape index (κ2) is 5.52. The first kappa shape index (κ1) is 14.4. The third-order valence-corrected chi connectivity index (χ3v) is 2.77. The van der Waals surface area contributed by atoms with Crippen LogP contribution in [0.1, 0.15) is 42.0 Å². The minimum Gasteiger partial charge on any atom is -0.352 e. The molecule has 1 amide bonds. The lowest BCUT2D eigenvalue weighted by molar-refractivity contribution is 0.0950. The van der Waals surface area contributed by atoms with Crippen LogP contribution < -0.4 is 5.32 Å². The van der Waals surface area contributed by atoms with Crippen molar-refractivity contribution in [3.05, 3.63) is 29.2 Å². The number of alkyl halides is 2. The van der Waals surface area contributed by atoms with Crippen molar-refractivity contribution >= 4 is 11.6 Å². The van der Waals surface area contributed by atoms with Gasteiger partial charge in [0.15, 0.2) is 5.65 Å². The van der Waals surface area contributed by atoms with E-state index in [4.69, 9.17) is 0 Å². The highest BCUT2D eigenvalue weighted by atomic mass is 19.3. The second-order valence-electron chi connectivity index (χ2n) is 5.02. The molecular weight excluding hydrogens is 266 g/mol. The highest BCUT2D eigenvalue weighted by Crippen LogP contribution is 2.21. The Morgan fingerprint density at radius 3 is 2.75 bits per heavy atom. The van der Waals surface area contributed by atoms with E-state index in [9.17, 15) is 13.6 Å². The van der Waals surface area contributed by atoms with E-state index in [0.717, 1.165) is 4.52 Å². The molecule has 0 radical (unpaired) electrons. The van der Waals surface area contributed by atoms with Gasteiger partial charge in [0, 0.05) is 12.2 Å². The van der Waals surface area contributed by atoms with Gasteiger partial charge >= 0.3 is 0 Å². The molecule has 0 aliphatic heterocycles. The van der Waals surface area contributed by atoms with Gasteiger partial charge in [-0.15, -0.1) is 0 Å². The zero-order valence-electron chi connectivity index (χ0n) is 11.5. The highest BCUT2D eigenvalue weighted by Gasteiger charge is 2.20. The number of amides is 1. The van der Waals surface area contributed by atoms with Crippen LogP contribution in [0.15, 0.2) is 12.3 Å². The number of fused-ring (bicyclic) bond motifs is 1. The molecule has 2 aromatic rings. The number of hydrogen-bond acceptors (Lipinski definition) is 3. The van der Waals surface area contributed by atoms with Crippen LogP contribution in [0.2, 0.25) is 0 Å². The van der Waals surface area contributed by atoms with Gasteiger partial charge in [-0.2, -0.15) is 5.10 Å². The molecule has 0 bridgehead atoms. The average molecular weight is 282 g/mol. The predicted octanol–water partition coefficient (Wildman–Crippen LogP) is 2.36. The summed E-state index contributed by atoms with van der Waals surface area (Å²) in [6.07, 6.45) is -1.41. The number of aryl methyl sites for hydroxylation is 1. The Morgan fingerprint density at radius 1 is 1.45 bits per heavy atom. The highest BCUT2D eigenvalue weighted by molar-refractivity contribution is 5.99. The summed E-state index contributed by atoms with van der Waals surface area (Å²) in [4.78, 5) is 16.2. The number of carbonyl (C=O) groups is 1. The Bertz CT molecular complexity index is 637. The van der Waals surface area contributed by atoms with Gasteiger partial charge in [-0.25, -0.2) is 18.3 Å². The van der Waals surface area contributed by atoms with Crippen LogP contribution in [0, 0.1) is 12.8 Å². The third-order valence-electron chi connectivity index (χ3n) is 2.77. The number of rotatable bonds is 4. The molecule has 108 valence electrons. The standard InChI is InChI=1S/C13H16F2N4O/c1-7(2)5-16-13(20)9-6-17-19-10(11(14)15)4-8(3)18-12(9)19/h4,6-7,11H,5H2,1-3H3,(H,16,20). The molecule has 0 spiro atoms. The van der Waals surface area contributed by atoms with Gasteiger partial charge in [0.1, 0.15) is 11.3 Å². The molecule has 0 aliphatic carbocycles. The summed E-state index contributed by atoms with van der Waals surface area (Å²) >= 11 is 0. The Morgan fingerprint density at radius 2 is 2.15 bits per heavy atom. The van der Waals surface area contributed by atoms with Gasteiger partial charge in [0.2, 0.25) is 0 Å². The van der Waals surface area contributed by atoms with Crippen molar-refractivity contribution in [1.82, 2.24) is 19.9 Å². The molecule has 1 N–H and O–H groups in total. The Hall–Kier alpha value is -2.05. The van der Waals surface area contributed by atoms with Gasteiger partial charge in [0.25, 0.3) is 12.3 Å². The van der Waals surface area contributed by atoms with Gasteiger partial charge in [0.05, 0.1) is 6.20 Å². The molecule has 0 saturated heterocycles.